The van der Waals surface area contributed by atoms with Gasteiger partial charge in [-0.15, -0.1) is 10.2 Å². The first kappa shape index (κ1) is 14.7. The highest BCUT2D eigenvalue weighted by atomic mass is 35.5. The van der Waals surface area contributed by atoms with E-state index >= 15 is 0 Å². The van der Waals surface area contributed by atoms with Gasteiger partial charge in [-0.2, -0.15) is 0 Å². The van der Waals surface area contributed by atoms with Crippen LogP contribution in [0.5, 0.6) is 0 Å². The number of hydrogen-bond donors (Lipinski definition) is 0. The Morgan fingerprint density at radius 1 is 1.14 bits per heavy atom. The number of benzene rings is 1. The first-order valence-corrected chi connectivity index (χ1v) is 7.82. The van der Waals surface area contributed by atoms with Gasteiger partial charge in [-0.1, -0.05) is 23.4 Å². The van der Waals surface area contributed by atoms with E-state index in [4.69, 9.17) is 11.6 Å². The van der Waals surface area contributed by atoms with E-state index in [1.807, 2.05) is 12.1 Å². The smallest absolute Gasteiger partial charge is 0.173 e. The first-order chi connectivity index (χ1) is 10.7. The van der Waals surface area contributed by atoms with E-state index in [0.717, 1.165) is 0 Å². The normalized spacial score (nSPS) is 10.6. The number of nitrogens with zero attached hydrogens (tertiary/aromatic N) is 4. The van der Waals surface area contributed by atoms with Crippen molar-refractivity contribution in [3.63, 3.8) is 0 Å². The lowest BCUT2D eigenvalue weighted by Crippen LogP contribution is -2.03. The molecule has 0 saturated carbocycles. The van der Waals surface area contributed by atoms with Crippen LogP contribution in [0.25, 0.3) is 5.82 Å². The summed E-state index contributed by atoms with van der Waals surface area (Å²) in [6.45, 7) is 0. The lowest BCUT2D eigenvalue weighted by atomic mass is 10.1. The van der Waals surface area contributed by atoms with Crippen LogP contribution < -0.4 is 0 Å². The Kier molecular flexibility index (Phi) is 4.50. The topological polar surface area (TPSA) is 60.7 Å². The molecule has 0 spiro atoms. The number of hydrogen-bond acceptors (Lipinski definition) is 5. The Balaban J connectivity index is 1.61. The van der Waals surface area contributed by atoms with Crippen molar-refractivity contribution in [3.05, 3.63) is 65.7 Å². The van der Waals surface area contributed by atoms with Crippen LogP contribution in [0.2, 0.25) is 5.02 Å². The van der Waals surface area contributed by atoms with E-state index in [2.05, 4.69) is 15.2 Å². The summed E-state index contributed by atoms with van der Waals surface area (Å²) in [5.41, 5.74) is 0.639. The number of carbonyl (C=O) groups excluding carboxylic acids is 1. The summed E-state index contributed by atoms with van der Waals surface area (Å²) >= 11 is 7.16. The molecule has 0 atom stereocenters. The van der Waals surface area contributed by atoms with Gasteiger partial charge in [0.05, 0.1) is 5.75 Å². The fourth-order valence-electron chi connectivity index (χ4n) is 1.78. The second kappa shape index (κ2) is 6.72. The Hall–Kier alpha value is -2.18. The molecule has 0 N–H and O–H groups in total. The van der Waals surface area contributed by atoms with E-state index in [0.29, 0.717) is 27.2 Å². The van der Waals surface area contributed by atoms with Gasteiger partial charge >= 0.3 is 0 Å². The lowest BCUT2D eigenvalue weighted by molar-refractivity contribution is 0.102. The molecule has 0 fully saturated rings. The number of aromatic nitrogens is 4. The van der Waals surface area contributed by atoms with Gasteiger partial charge in [0.15, 0.2) is 11.6 Å². The maximum Gasteiger partial charge on any atom is 0.173 e. The molecule has 0 unspecified atom stereocenters. The van der Waals surface area contributed by atoms with E-state index in [-0.39, 0.29) is 5.78 Å². The van der Waals surface area contributed by atoms with E-state index in [1.165, 1.54) is 11.8 Å². The fraction of sp³-hybridized carbons (Fsp3) is 0.0667. The molecule has 7 heteroatoms. The maximum absolute atomic E-state index is 12.1. The standard InChI is InChI=1S/C15H11ClN4OS/c16-12-3-1-11(2-4-12)13(21)9-22-15-6-5-14(18-19-15)20-8-7-17-10-20/h1-8,10H,9H2. The van der Waals surface area contributed by atoms with Crippen LogP contribution in [0, 0.1) is 0 Å². The lowest BCUT2D eigenvalue weighted by Gasteiger charge is -2.03. The number of halogens is 1. The third kappa shape index (κ3) is 3.52. The van der Waals surface area contributed by atoms with Crippen LogP contribution in [0.4, 0.5) is 0 Å². The monoisotopic (exact) mass is 330 g/mol. The van der Waals surface area contributed by atoms with Crippen molar-refractivity contribution in [2.45, 2.75) is 5.03 Å². The fourth-order valence-corrected chi connectivity index (χ4v) is 2.62. The molecule has 0 radical (unpaired) electrons. The third-order valence-corrected chi connectivity index (χ3v) is 4.08. The molecule has 0 saturated heterocycles. The predicted molar refractivity (Wildman–Crippen MR) is 85.7 cm³/mol. The Morgan fingerprint density at radius 2 is 1.95 bits per heavy atom. The van der Waals surface area contributed by atoms with E-state index in [1.54, 1.807) is 47.6 Å². The second-order valence-corrected chi connectivity index (χ2v) is 5.85. The molecule has 0 amide bonds. The molecule has 1 aromatic carbocycles. The number of rotatable bonds is 5. The van der Waals surface area contributed by atoms with Crippen LogP contribution in [-0.4, -0.2) is 31.3 Å². The quantitative estimate of drug-likeness (QED) is 0.530. The van der Waals surface area contributed by atoms with Gasteiger partial charge in [0.25, 0.3) is 0 Å². The van der Waals surface area contributed by atoms with Crippen LogP contribution in [-0.2, 0) is 0 Å². The molecule has 110 valence electrons. The zero-order chi connectivity index (χ0) is 15.4. The highest BCUT2D eigenvalue weighted by Gasteiger charge is 2.08. The predicted octanol–water partition coefficient (Wildman–Crippen LogP) is 3.29. The first-order valence-electron chi connectivity index (χ1n) is 6.46. The van der Waals surface area contributed by atoms with Crippen molar-refractivity contribution in [2.24, 2.45) is 0 Å². The summed E-state index contributed by atoms with van der Waals surface area (Å²) < 4.78 is 1.76. The maximum atomic E-state index is 12.1. The molecule has 2 aromatic heterocycles. The van der Waals surface area contributed by atoms with Crippen molar-refractivity contribution in [1.82, 2.24) is 19.7 Å². The summed E-state index contributed by atoms with van der Waals surface area (Å²) in [5, 5.41) is 9.53. The van der Waals surface area contributed by atoms with Gasteiger partial charge in [-0.05, 0) is 36.4 Å². The SMILES string of the molecule is O=C(CSc1ccc(-n2ccnc2)nn1)c1ccc(Cl)cc1. The van der Waals surface area contributed by atoms with Gasteiger partial charge in [0.2, 0.25) is 0 Å². The summed E-state index contributed by atoms with van der Waals surface area (Å²) in [7, 11) is 0. The molecule has 0 aliphatic rings. The summed E-state index contributed by atoms with van der Waals surface area (Å²) in [6, 6.07) is 10.5. The van der Waals surface area contributed by atoms with Crippen molar-refractivity contribution in [3.8, 4) is 5.82 Å². The van der Waals surface area contributed by atoms with Gasteiger partial charge in [0.1, 0.15) is 11.4 Å². The van der Waals surface area contributed by atoms with E-state index < -0.39 is 0 Å². The Morgan fingerprint density at radius 3 is 2.59 bits per heavy atom. The largest absolute Gasteiger partial charge is 0.293 e. The van der Waals surface area contributed by atoms with Crippen molar-refractivity contribution >= 4 is 29.1 Å². The number of Topliss-reactive ketones (excluding diaryl/α,β-unsaturated/α-hetero) is 1. The molecule has 3 rings (SSSR count). The minimum absolute atomic E-state index is 0.0298. The molecule has 5 nitrogen and oxygen atoms in total. The molecular weight excluding hydrogens is 320 g/mol. The molecule has 0 bridgehead atoms. The zero-order valence-electron chi connectivity index (χ0n) is 11.4. The zero-order valence-corrected chi connectivity index (χ0v) is 13.0. The van der Waals surface area contributed by atoms with Gasteiger partial charge < -0.3 is 0 Å². The van der Waals surface area contributed by atoms with Gasteiger partial charge in [-0.25, -0.2) is 4.98 Å². The minimum atomic E-state index is 0.0298. The number of imidazole rings is 1. The summed E-state index contributed by atoms with van der Waals surface area (Å²) in [5.74, 6) is 1.02. The van der Waals surface area contributed by atoms with Crippen molar-refractivity contribution in [2.75, 3.05) is 5.75 Å². The number of thioether (sulfide) groups is 1. The van der Waals surface area contributed by atoms with Crippen LogP contribution >= 0.6 is 23.4 Å². The average Bonchev–Trinajstić information content (AvgIpc) is 3.08. The molecular formula is C15H11ClN4OS. The van der Waals surface area contributed by atoms with Crippen LogP contribution in [0.1, 0.15) is 10.4 Å². The van der Waals surface area contributed by atoms with E-state index in [9.17, 15) is 4.79 Å². The Bertz CT molecular complexity index is 757. The van der Waals surface area contributed by atoms with Gasteiger partial charge in [0, 0.05) is 23.0 Å². The molecule has 2 heterocycles. The van der Waals surface area contributed by atoms with Gasteiger partial charge in [-0.3, -0.25) is 9.36 Å². The van der Waals surface area contributed by atoms with Crippen molar-refractivity contribution < 1.29 is 4.79 Å². The molecule has 3 aromatic rings. The average molecular weight is 331 g/mol. The Labute approximate surface area is 136 Å². The van der Waals surface area contributed by atoms with Crippen molar-refractivity contribution in [1.29, 1.82) is 0 Å². The molecule has 0 aliphatic heterocycles. The number of ketones is 1. The summed E-state index contributed by atoms with van der Waals surface area (Å²) in [4.78, 5) is 16.0. The van der Waals surface area contributed by atoms with Crippen LogP contribution in [0.3, 0.4) is 0 Å². The third-order valence-electron chi connectivity index (χ3n) is 2.91. The van der Waals surface area contributed by atoms with Crippen LogP contribution in [0.15, 0.2) is 60.1 Å². The number of carbonyl (C=O) groups is 1. The minimum Gasteiger partial charge on any atom is -0.293 e. The second-order valence-electron chi connectivity index (χ2n) is 4.42. The highest BCUT2D eigenvalue weighted by Crippen LogP contribution is 2.18. The molecule has 22 heavy (non-hydrogen) atoms. The highest BCUT2D eigenvalue weighted by molar-refractivity contribution is 7.99. The molecule has 0 aliphatic carbocycles. The summed E-state index contributed by atoms with van der Waals surface area (Å²) in [6.07, 6.45) is 5.12.